The summed E-state index contributed by atoms with van der Waals surface area (Å²) < 4.78 is 11.0. The van der Waals surface area contributed by atoms with Crippen molar-refractivity contribution < 1.29 is 9.47 Å². The summed E-state index contributed by atoms with van der Waals surface area (Å²) in [6, 6.07) is 8.43. The Balaban J connectivity index is 2.37. The molecule has 3 nitrogen and oxygen atoms in total. The Hall–Kier alpha value is -0.900. The first kappa shape index (κ1) is 17.2. The van der Waals surface area contributed by atoms with Crippen LogP contribution >= 0.6 is 0 Å². The highest BCUT2D eigenvalue weighted by Gasteiger charge is 2.16. The molecule has 1 aromatic rings. The third-order valence-electron chi connectivity index (χ3n) is 3.73. The highest BCUT2D eigenvalue weighted by molar-refractivity contribution is 5.26. The zero-order chi connectivity index (χ0) is 15.2. The van der Waals surface area contributed by atoms with Crippen molar-refractivity contribution in [3.8, 4) is 0 Å². The molecule has 0 fully saturated rings. The van der Waals surface area contributed by atoms with E-state index in [4.69, 9.17) is 15.2 Å². The van der Waals surface area contributed by atoms with Gasteiger partial charge in [0.25, 0.3) is 0 Å². The first-order chi connectivity index (χ1) is 9.35. The van der Waals surface area contributed by atoms with Crippen molar-refractivity contribution in [1.82, 2.24) is 0 Å². The van der Waals surface area contributed by atoms with Crippen LogP contribution in [0, 0.1) is 0 Å². The second kappa shape index (κ2) is 7.77. The van der Waals surface area contributed by atoms with Gasteiger partial charge in [-0.2, -0.15) is 0 Å². The number of benzene rings is 1. The Morgan fingerprint density at radius 2 is 1.65 bits per heavy atom. The molecule has 0 aromatic heterocycles. The minimum atomic E-state index is -0.136. The van der Waals surface area contributed by atoms with Crippen LogP contribution in [-0.2, 0) is 9.47 Å². The van der Waals surface area contributed by atoms with Gasteiger partial charge in [-0.25, -0.2) is 0 Å². The van der Waals surface area contributed by atoms with Crippen LogP contribution < -0.4 is 5.73 Å². The zero-order valence-corrected chi connectivity index (χ0v) is 13.5. The lowest BCUT2D eigenvalue weighted by atomic mass is 9.99. The number of nitrogens with two attached hydrogens (primary N) is 1. The van der Waals surface area contributed by atoms with Gasteiger partial charge in [0.05, 0.1) is 18.2 Å². The molecule has 1 rings (SSSR count). The summed E-state index contributed by atoms with van der Waals surface area (Å²) >= 11 is 0. The summed E-state index contributed by atoms with van der Waals surface area (Å²) in [5.41, 5.74) is 8.47. The van der Waals surface area contributed by atoms with Crippen LogP contribution in [0.1, 0.15) is 57.2 Å². The molecule has 0 amide bonds. The van der Waals surface area contributed by atoms with Crippen LogP contribution in [-0.4, -0.2) is 25.9 Å². The van der Waals surface area contributed by atoms with Crippen LogP contribution in [0.15, 0.2) is 24.3 Å². The smallest absolute Gasteiger partial charge is 0.0659 e. The van der Waals surface area contributed by atoms with E-state index in [0.29, 0.717) is 19.1 Å². The van der Waals surface area contributed by atoms with Gasteiger partial charge in [0, 0.05) is 13.7 Å². The van der Waals surface area contributed by atoms with Gasteiger partial charge in [0.2, 0.25) is 0 Å². The molecule has 0 radical (unpaired) electrons. The van der Waals surface area contributed by atoms with E-state index >= 15 is 0 Å². The van der Waals surface area contributed by atoms with Crippen molar-refractivity contribution in [3.05, 3.63) is 35.4 Å². The summed E-state index contributed by atoms with van der Waals surface area (Å²) in [7, 11) is 1.72. The Morgan fingerprint density at radius 1 is 1.10 bits per heavy atom. The van der Waals surface area contributed by atoms with Crippen LogP contribution in [0.3, 0.4) is 0 Å². The van der Waals surface area contributed by atoms with E-state index in [9.17, 15) is 0 Å². The highest BCUT2D eigenvalue weighted by Crippen LogP contribution is 2.18. The molecular weight excluding hydrogens is 250 g/mol. The molecule has 0 heterocycles. The molecule has 2 N–H and O–H groups in total. The molecule has 0 saturated carbocycles. The average Bonchev–Trinajstić information content (AvgIpc) is 2.43. The van der Waals surface area contributed by atoms with E-state index in [2.05, 4.69) is 52.0 Å². The van der Waals surface area contributed by atoms with Gasteiger partial charge in [-0.05, 0) is 37.3 Å². The lowest BCUT2D eigenvalue weighted by Crippen LogP contribution is -2.25. The van der Waals surface area contributed by atoms with Crippen LogP contribution in [0.25, 0.3) is 0 Å². The van der Waals surface area contributed by atoms with Crippen molar-refractivity contribution in [1.29, 1.82) is 0 Å². The maximum absolute atomic E-state index is 6.15. The topological polar surface area (TPSA) is 44.5 Å². The molecule has 0 spiro atoms. The van der Waals surface area contributed by atoms with Gasteiger partial charge in [0.15, 0.2) is 0 Å². The molecule has 1 aromatic carbocycles. The highest BCUT2D eigenvalue weighted by atomic mass is 16.5. The third-order valence-corrected chi connectivity index (χ3v) is 3.73. The van der Waals surface area contributed by atoms with Crippen molar-refractivity contribution in [3.63, 3.8) is 0 Å². The van der Waals surface area contributed by atoms with Gasteiger partial charge < -0.3 is 15.2 Å². The normalized spacial score (nSPS) is 13.8. The van der Waals surface area contributed by atoms with Crippen molar-refractivity contribution in [2.24, 2.45) is 5.73 Å². The zero-order valence-electron chi connectivity index (χ0n) is 13.5. The second-order valence-electron chi connectivity index (χ2n) is 6.22. The SMILES string of the molecule is COC(C)(C)CCOCC(N)c1ccc(C(C)C)cc1. The van der Waals surface area contributed by atoms with E-state index < -0.39 is 0 Å². The fourth-order valence-corrected chi connectivity index (χ4v) is 1.85. The predicted molar refractivity (Wildman–Crippen MR) is 84.0 cm³/mol. The number of hydrogen-bond acceptors (Lipinski definition) is 3. The summed E-state index contributed by atoms with van der Waals surface area (Å²) in [5, 5.41) is 0. The summed E-state index contributed by atoms with van der Waals surface area (Å²) in [6.45, 7) is 9.70. The van der Waals surface area contributed by atoms with Gasteiger partial charge in [0.1, 0.15) is 0 Å². The van der Waals surface area contributed by atoms with E-state index in [-0.39, 0.29) is 11.6 Å². The van der Waals surface area contributed by atoms with E-state index in [0.717, 1.165) is 12.0 Å². The lowest BCUT2D eigenvalue weighted by Gasteiger charge is -2.23. The van der Waals surface area contributed by atoms with Crippen molar-refractivity contribution >= 4 is 0 Å². The number of ether oxygens (including phenoxy) is 2. The molecule has 1 atom stereocenters. The minimum Gasteiger partial charge on any atom is -0.379 e. The van der Waals surface area contributed by atoms with Crippen LogP contribution in [0.4, 0.5) is 0 Å². The fourth-order valence-electron chi connectivity index (χ4n) is 1.85. The first-order valence-electron chi connectivity index (χ1n) is 7.34. The largest absolute Gasteiger partial charge is 0.379 e. The molecule has 0 saturated heterocycles. The second-order valence-corrected chi connectivity index (χ2v) is 6.22. The lowest BCUT2D eigenvalue weighted by molar-refractivity contribution is -0.0113. The van der Waals surface area contributed by atoms with E-state index in [1.54, 1.807) is 7.11 Å². The molecule has 0 bridgehead atoms. The quantitative estimate of drug-likeness (QED) is 0.739. The van der Waals surface area contributed by atoms with Gasteiger partial charge in [-0.1, -0.05) is 38.1 Å². The van der Waals surface area contributed by atoms with E-state index in [1.165, 1.54) is 5.56 Å². The Bertz CT molecular complexity index is 384. The summed E-state index contributed by atoms with van der Waals surface area (Å²) in [5.74, 6) is 0.549. The third kappa shape index (κ3) is 5.61. The van der Waals surface area contributed by atoms with Gasteiger partial charge in [-0.3, -0.25) is 0 Å². The molecule has 1 unspecified atom stereocenters. The number of hydrogen-bond donors (Lipinski definition) is 1. The van der Waals surface area contributed by atoms with E-state index in [1.807, 2.05) is 0 Å². The predicted octanol–water partition coefficient (Wildman–Crippen LogP) is 3.64. The Labute approximate surface area is 123 Å². The minimum absolute atomic E-state index is 0.0677. The maximum Gasteiger partial charge on any atom is 0.0659 e. The molecule has 0 aliphatic heterocycles. The molecular formula is C17H29NO2. The maximum atomic E-state index is 6.15. The summed E-state index contributed by atoms with van der Waals surface area (Å²) in [4.78, 5) is 0. The van der Waals surface area contributed by atoms with Crippen LogP contribution in [0.5, 0.6) is 0 Å². The van der Waals surface area contributed by atoms with Crippen molar-refractivity contribution in [2.45, 2.75) is 51.7 Å². The van der Waals surface area contributed by atoms with Gasteiger partial charge in [-0.15, -0.1) is 0 Å². The summed E-state index contributed by atoms with van der Waals surface area (Å²) in [6.07, 6.45) is 0.864. The molecule has 114 valence electrons. The Morgan fingerprint density at radius 3 is 2.15 bits per heavy atom. The fraction of sp³-hybridized carbons (Fsp3) is 0.647. The van der Waals surface area contributed by atoms with Crippen molar-refractivity contribution in [2.75, 3.05) is 20.3 Å². The molecule has 0 aliphatic rings. The standard InChI is InChI=1S/C17H29NO2/c1-13(2)14-6-8-15(9-7-14)16(18)12-20-11-10-17(3,4)19-5/h6-9,13,16H,10-12,18H2,1-5H3. The molecule has 0 aliphatic carbocycles. The average molecular weight is 279 g/mol. The van der Waals surface area contributed by atoms with Crippen LogP contribution in [0.2, 0.25) is 0 Å². The first-order valence-corrected chi connectivity index (χ1v) is 7.34. The number of rotatable bonds is 8. The number of methoxy groups -OCH3 is 1. The van der Waals surface area contributed by atoms with Gasteiger partial charge >= 0.3 is 0 Å². The molecule has 3 heteroatoms. The molecule has 20 heavy (non-hydrogen) atoms. The monoisotopic (exact) mass is 279 g/mol. The Kier molecular flexibility index (Phi) is 6.66.